The molecule has 1 heterocycles. The van der Waals surface area contributed by atoms with Gasteiger partial charge in [0.05, 0.1) is 6.61 Å². The molecule has 21 heavy (non-hydrogen) atoms. The molecule has 1 saturated heterocycles. The number of hydrogen-bond acceptors (Lipinski definition) is 4. The second kappa shape index (κ2) is 8.64. The molecule has 1 aromatic rings. The summed E-state index contributed by atoms with van der Waals surface area (Å²) in [6.07, 6.45) is 0.989. The van der Waals surface area contributed by atoms with E-state index in [4.69, 9.17) is 4.74 Å². The van der Waals surface area contributed by atoms with E-state index in [0.29, 0.717) is 12.2 Å². The third kappa shape index (κ3) is 5.36. The molecule has 1 aliphatic rings. The maximum Gasteiger partial charge on any atom is 0.251 e. The predicted octanol–water partition coefficient (Wildman–Crippen LogP) is 1.11. The Morgan fingerprint density at radius 1 is 1.29 bits per heavy atom. The van der Waals surface area contributed by atoms with Gasteiger partial charge in [0.15, 0.2) is 0 Å². The Balaban J connectivity index is 1.66. The van der Waals surface area contributed by atoms with E-state index in [1.165, 1.54) is 0 Å². The minimum Gasteiger partial charge on any atom is -0.494 e. The van der Waals surface area contributed by atoms with Crippen molar-refractivity contribution in [2.75, 3.05) is 45.9 Å². The van der Waals surface area contributed by atoms with E-state index in [0.717, 1.165) is 51.4 Å². The quantitative estimate of drug-likeness (QED) is 0.739. The summed E-state index contributed by atoms with van der Waals surface area (Å²) in [4.78, 5) is 14.4. The highest BCUT2D eigenvalue weighted by molar-refractivity contribution is 5.94. The van der Waals surface area contributed by atoms with E-state index in [2.05, 4.69) is 15.5 Å². The molecule has 2 N–H and O–H groups in total. The van der Waals surface area contributed by atoms with Crippen LogP contribution in [0, 0.1) is 0 Å². The molecule has 0 bridgehead atoms. The summed E-state index contributed by atoms with van der Waals surface area (Å²) in [5.74, 6) is 0.783. The van der Waals surface area contributed by atoms with Crippen LogP contribution in [0.1, 0.15) is 23.7 Å². The van der Waals surface area contributed by atoms with Gasteiger partial charge in [-0.1, -0.05) is 0 Å². The first-order valence-corrected chi connectivity index (χ1v) is 7.73. The molecule has 1 fully saturated rings. The van der Waals surface area contributed by atoms with Crippen LogP contribution in [0.2, 0.25) is 0 Å². The minimum absolute atomic E-state index is 0.0154. The number of benzene rings is 1. The molecular weight excluding hydrogens is 266 g/mol. The molecule has 0 unspecified atom stereocenters. The van der Waals surface area contributed by atoms with Crippen LogP contribution in [-0.2, 0) is 0 Å². The minimum atomic E-state index is -0.0154. The number of carbonyl (C=O) groups is 1. The van der Waals surface area contributed by atoms with Gasteiger partial charge < -0.3 is 20.3 Å². The van der Waals surface area contributed by atoms with E-state index >= 15 is 0 Å². The molecule has 5 nitrogen and oxygen atoms in total. The van der Waals surface area contributed by atoms with Crippen molar-refractivity contribution < 1.29 is 9.53 Å². The number of hydrogen-bond donors (Lipinski definition) is 2. The summed E-state index contributed by atoms with van der Waals surface area (Å²) in [5, 5.41) is 6.30. The third-order valence-corrected chi connectivity index (χ3v) is 3.57. The van der Waals surface area contributed by atoms with Gasteiger partial charge in [-0.05, 0) is 44.2 Å². The first-order valence-electron chi connectivity index (χ1n) is 7.73. The zero-order valence-electron chi connectivity index (χ0n) is 12.7. The number of nitrogens with one attached hydrogen (secondary N) is 2. The average Bonchev–Trinajstić information content (AvgIpc) is 2.53. The zero-order valence-corrected chi connectivity index (χ0v) is 12.7. The van der Waals surface area contributed by atoms with Crippen LogP contribution in [-0.4, -0.2) is 56.7 Å². The molecule has 1 amide bonds. The van der Waals surface area contributed by atoms with Gasteiger partial charge in [0.1, 0.15) is 5.75 Å². The maximum absolute atomic E-state index is 12.0. The van der Waals surface area contributed by atoms with Gasteiger partial charge in [-0.2, -0.15) is 0 Å². The Kier molecular flexibility index (Phi) is 6.50. The van der Waals surface area contributed by atoms with Gasteiger partial charge >= 0.3 is 0 Å². The molecule has 0 saturated carbocycles. The van der Waals surface area contributed by atoms with Crippen LogP contribution in [0.5, 0.6) is 5.75 Å². The first kappa shape index (κ1) is 15.8. The second-order valence-electron chi connectivity index (χ2n) is 5.16. The summed E-state index contributed by atoms with van der Waals surface area (Å²) in [6, 6.07) is 7.27. The zero-order chi connectivity index (χ0) is 14.9. The van der Waals surface area contributed by atoms with E-state index in [-0.39, 0.29) is 5.91 Å². The highest BCUT2D eigenvalue weighted by Crippen LogP contribution is 2.11. The van der Waals surface area contributed by atoms with Crippen LogP contribution in [0.3, 0.4) is 0 Å². The molecule has 1 aliphatic heterocycles. The van der Waals surface area contributed by atoms with E-state index in [1.807, 2.05) is 19.1 Å². The van der Waals surface area contributed by atoms with Crippen molar-refractivity contribution in [2.45, 2.75) is 13.3 Å². The second-order valence-corrected chi connectivity index (χ2v) is 5.16. The summed E-state index contributed by atoms with van der Waals surface area (Å²) in [5.41, 5.74) is 0.681. The number of ether oxygens (including phenoxy) is 1. The topological polar surface area (TPSA) is 53.6 Å². The molecule has 0 radical (unpaired) electrons. The van der Waals surface area contributed by atoms with Crippen molar-refractivity contribution in [1.29, 1.82) is 0 Å². The SMILES string of the molecule is CCOc1ccc(C(=O)NCCCN2CCNCC2)cc1. The molecule has 2 rings (SSSR count). The van der Waals surface area contributed by atoms with Gasteiger partial charge in [0.2, 0.25) is 0 Å². The summed E-state index contributed by atoms with van der Waals surface area (Å²) in [7, 11) is 0. The summed E-state index contributed by atoms with van der Waals surface area (Å²) >= 11 is 0. The van der Waals surface area contributed by atoms with Crippen LogP contribution in [0.4, 0.5) is 0 Å². The van der Waals surface area contributed by atoms with Gasteiger partial charge in [-0.3, -0.25) is 4.79 Å². The Morgan fingerprint density at radius 3 is 2.67 bits per heavy atom. The average molecular weight is 291 g/mol. The highest BCUT2D eigenvalue weighted by atomic mass is 16.5. The number of nitrogens with zero attached hydrogens (tertiary/aromatic N) is 1. The first-order chi connectivity index (χ1) is 10.3. The number of carbonyl (C=O) groups excluding carboxylic acids is 1. The lowest BCUT2D eigenvalue weighted by atomic mass is 10.2. The van der Waals surface area contributed by atoms with Gasteiger partial charge in [-0.15, -0.1) is 0 Å². The molecule has 116 valence electrons. The monoisotopic (exact) mass is 291 g/mol. The van der Waals surface area contributed by atoms with Gasteiger partial charge in [0, 0.05) is 38.3 Å². The van der Waals surface area contributed by atoms with Crippen LogP contribution in [0.25, 0.3) is 0 Å². The molecule has 0 aromatic heterocycles. The predicted molar refractivity (Wildman–Crippen MR) is 83.9 cm³/mol. The van der Waals surface area contributed by atoms with Crippen molar-refractivity contribution in [3.05, 3.63) is 29.8 Å². The number of rotatable bonds is 7. The van der Waals surface area contributed by atoms with Gasteiger partial charge in [-0.25, -0.2) is 0 Å². The van der Waals surface area contributed by atoms with E-state index in [9.17, 15) is 4.79 Å². The molecule has 0 aliphatic carbocycles. The molecule has 0 atom stereocenters. The molecule has 5 heteroatoms. The smallest absolute Gasteiger partial charge is 0.251 e. The Hall–Kier alpha value is -1.59. The Labute approximate surface area is 126 Å². The van der Waals surface area contributed by atoms with Crippen LogP contribution in [0.15, 0.2) is 24.3 Å². The Morgan fingerprint density at radius 2 is 2.00 bits per heavy atom. The van der Waals surface area contributed by atoms with E-state index in [1.54, 1.807) is 12.1 Å². The highest BCUT2D eigenvalue weighted by Gasteiger charge is 2.09. The van der Waals surface area contributed by atoms with Crippen molar-refractivity contribution in [2.24, 2.45) is 0 Å². The third-order valence-electron chi connectivity index (χ3n) is 3.57. The van der Waals surface area contributed by atoms with E-state index < -0.39 is 0 Å². The van der Waals surface area contributed by atoms with Crippen molar-refractivity contribution in [3.63, 3.8) is 0 Å². The van der Waals surface area contributed by atoms with Gasteiger partial charge in [0.25, 0.3) is 5.91 Å². The lowest BCUT2D eigenvalue weighted by Crippen LogP contribution is -2.44. The normalized spacial score (nSPS) is 15.7. The fraction of sp³-hybridized carbons (Fsp3) is 0.562. The van der Waals surface area contributed by atoms with Crippen molar-refractivity contribution >= 4 is 5.91 Å². The number of amides is 1. The molecule has 0 spiro atoms. The standard InChI is InChI=1S/C16H25N3O2/c1-2-21-15-6-4-14(5-7-15)16(20)18-8-3-11-19-12-9-17-10-13-19/h4-7,17H,2-3,8-13H2,1H3,(H,18,20). The maximum atomic E-state index is 12.0. The van der Waals surface area contributed by atoms with Crippen molar-refractivity contribution in [3.8, 4) is 5.75 Å². The summed E-state index contributed by atoms with van der Waals surface area (Å²) < 4.78 is 5.36. The Bertz CT molecular complexity index is 428. The lowest BCUT2D eigenvalue weighted by Gasteiger charge is -2.27. The fourth-order valence-electron chi connectivity index (χ4n) is 2.41. The largest absolute Gasteiger partial charge is 0.494 e. The van der Waals surface area contributed by atoms with Crippen molar-refractivity contribution in [1.82, 2.24) is 15.5 Å². The number of piperazine rings is 1. The van der Waals surface area contributed by atoms with Crippen LogP contribution >= 0.6 is 0 Å². The summed E-state index contributed by atoms with van der Waals surface area (Å²) in [6.45, 7) is 8.69. The fourth-order valence-corrected chi connectivity index (χ4v) is 2.41. The molecule has 1 aromatic carbocycles. The lowest BCUT2D eigenvalue weighted by molar-refractivity contribution is 0.0951. The molecular formula is C16H25N3O2. The van der Waals surface area contributed by atoms with Crippen LogP contribution < -0.4 is 15.4 Å².